The molecule has 11 heteroatoms. The minimum atomic E-state index is -5.05. The summed E-state index contributed by atoms with van der Waals surface area (Å²) >= 11 is 0. The molecule has 0 amide bonds. The molecule has 92 valence electrons. The molecule has 0 fully saturated rings. The molecule has 0 aromatic heterocycles. The molecule has 0 aromatic rings. The Morgan fingerprint density at radius 2 is 1.67 bits per heavy atom. The van der Waals surface area contributed by atoms with Crippen molar-refractivity contribution in [3.05, 3.63) is 0 Å². The van der Waals surface area contributed by atoms with Crippen molar-refractivity contribution in [2.45, 2.75) is 0 Å². The van der Waals surface area contributed by atoms with Crippen LogP contribution in [0.15, 0.2) is 0 Å². The highest BCUT2D eigenvalue weighted by molar-refractivity contribution is 7.60. The van der Waals surface area contributed by atoms with Gasteiger partial charge in [-0.05, 0) is 0 Å². The maximum atomic E-state index is 10.8. The first-order valence-electron chi connectivity index (χ1n) is 3.79. The molecule has 0 saturated carbocycles. The molecule has 0 bridgehead atoms. The summed E-state index contributed by atoms with van der Waals surface area (Å²) < 4.78 is 33.5. The molecule has 0 aromatic carbocycles. The monoisotopic (exact) mass is 265 g/mol. The van der Waals surface area contributed by atoms with Crippen LogP contribution < -0.4 is 5.73 Å². The lowest BCUT2D eigenvalue weighted by Crippen LogP contribution is -2.11. The van der Waals surface area contributed by atoms with E-state index >= 15 is 0 Å². The lowest BCUT2D eigenvalue weighted by atomic mass is 10.7. The van der Waals surface area contributed by atoms with Gasteiger partial charge in [-0.3, -0.25) is 4.52 Å². The maximum Gasteiger partial charge on any atom is 0.481 e. The molecule has 1 unspecified atom stereocenters. The van der Waals surface area contributed by atoms with E-state index in [0.29, 0.717) is 0 Å². The Morgan fingerprint density at radius 1 is 1.07 bits per heavy atom. The molecule has 0 saturated heterocycles. The summed E-state index contributed by atoms with van der Waals surface area (Å²) in [6, 6.07) is 0. The Morgan fingerprint density at radius 3 is 2.13 bits per heavy atom. The zero-order chi connectivity index (χ0) is 11.9. The van der Waals surface area contributed by atoms with Gasteiger partial charge in [-0.15, -0.1) is 0 Å². The van der Waals surface area contributed by atoms with Crippen molar-refractivity contribution in [1.29, 1.82) is 0 Å². The van der Waals surface area contributed by atoms with E-state index < -0.39 is 15.6 Å². The first kappa shape index (κ1) is 15.2. The molecule has 0 heterocycles. The molecule has 0 rings (SSSR count). The first-order valence-corrected chi connectivity index (χ1v) is 6.81. The largest absolute Gasteiger partial charge is 0.481 e. The summed E-state index contributed by atoms with van der Waals surface area (Å²) in [4.78, 5) is 25.2. The highest BCUT2D eigenvalue weighted by Crippen LogP contribution is 2.57. The van der Waals surface area contributed by atoms with Crippen molar-refractivity contribution >= 4 is 15.6 Å². The van der Waals surface area contributed by atoms with Crippen molar-refractivity contribution in [1.82, 2.24) is 0 Å². The van der Waals surface area contributed by atoms with Crippen molar-refractivity contribution in [2.75, 3.05) is 26.4 Å². The standard InChI is InChI=1S/C4H13NO8P2/c5-1-2-11-3-4-12-15(9,10)13-14(6,7)8/h1-5H2,(H,9,10)(H2,6,7,8). The average Bonchev–Trinajstić information content (AvgIpc) is 1.99. The van der Waals surface area contributed by atoms with Crippen LogP contribution in [0, 0.1) is 0 Å². The Kier molecular flexibility index (Phi) is 6.78. The first-order chi connectivity index (χ1) is 6.77. The van der Waals surface area contributed by atoms with Gasteiger partial charge in [0.25, 0.3) is 0 Å². The number of hydrogen-bond acceptors (Lipinski definition) is 6. The third-order valence-electron chi connectivity index (χ3n) is 0.954. The third kappa shape index (κ3) is 10.5. The Bertz CT molecular complexity index is 263. The SMILES string of the molecule is NCCOCCOP(=O)(O)OP(=O)(O)O. The van der Waals surface area contributed by atoms with Gasteiger partial charge in [0, 0.05) is 6.54 Å². The zero-order valence-corrected chi connectivity index (χ0v) is 9.47. The number of phosphoric acid groups is 2. The van der Waals surface area contributed by atoms with E-state index in [2.05, 4.69) is 8.83 Å². The predicted molar refractivity (Wildman–Crippen MR) is 48.8 cm³/mol. The van der Waals surface area contributed by atoms with Gasteiger partial charge in [-0.1, -0.05) is 0 Å². The Balaban J connectivity index is 3.75. The number of nitrogens with two attached hydrogens (primary N) is 1. The number of ether oxygens (including phenoxy) is 1. The van der Waals surface area contributed by atoms with Crippen LogP contribution in [0.1, 0.15) is 0 Å². The smallest absolute Gasteiger partial charge is 0.378 e. The second kappa shape index (κ2) is 6.70. The molecular weight excluding hydrogens is 252 g/mol. The van der Waals surface area contributed by atoms with Gasteiger partial charge in [0.05, 0.1) is 19.8 Å². The molecule has 1 atom stereocenters. The Hall–Kier alpha value is 0.180. The molecule has 0 radical (unpaired) electrons. The summed E-state index contributed by atoms with van der Waals surface area (Å²) in [7, 11) is -9.78. The maximum absolute atomic E-state index is 10.8. The fraction of sp³-hybridized carbons (Fsp3) is 1.00. The molecule has 0 aliphatic heterocycles. The molecule has 0 spiro atoms. The highest BCUT2D eigenvalue weighted by Gasteiger charge is 2.31. The van der Waals surface area contributed by atoms with Crippen molar-refractivity contribution in [3.63, 3.8) is 0 Å². The fourth-order valence-electron chi connectivity index (χ4n) is 0.555. The van der Waals surface area contributed by atoms with E-state index in [1.807, 2.05) is 0 Å². The lowest BCUT2D eigenvalue weighted by Gasteiger charge is -2.12. The minimum Gasteiger partial charge on any atom is -0.378 e. The van der Waals surface area contributed by atoms with Gasteiger partial charge >= 0.3 is 15.6 Å². The number of phosphoric ester groups is 1. The molecular formula is C4H13NO8P2. The molecule has 0 aliphatic carbocycles. The van der Waals surface area contributed by atoms with Crippen molar-refractivity contribution < 1.29 is 37.4 Å². The molecule has 0 aliphatic rings. The lowest BCUT2D eigenvalue weighted by molar-refractivity contribution is 0.0887. The summed E-state index contributed by atoms with van der Waals surface area (Å²) in [5, 5.41) is 0. The highest BCUT2D eigenvalue weighted by atomic mass is 31.3. The van der Waals surface area contributed by atoms with Gasteiger partial charge in [-0.25, -0.2) is 9.13 Å². The van der Waals surface area contributed by atoms with Crippen LogP contribution in [-0.4, -0.2) is 41.0 Å². The summed E-state index contributed by atoms with van der Waals surface area (Å²) in [6.45, 7) is 0.161. The molecule has 15 heavy (non-hydrogen) atoms. The Labute approximate surface area is 86.0 Å². The summed E-state index contributed by atoms with van der Waals surface area (Å²) in [5.41, 5.74) is 5.08. The van der Waals surface area contributed by atoms with E-state index in [1.54, 1.807) is 0 Å². The quantitative estimate of drug-likeness (QED) is 0.326. The molecule has 9 nitrogen and oxygen atoms in total. The van der Waals surface area contributed by atoms with E-state index in [1.165, 1.54) is 0 Å². The minimum absolute atomic E-state index is 0.0354. The number of hydrogen-bond donors (Lipinski definition) is 4. The average molecular weight is 265 g/mol. The van der Waals surface area contributed by atoms with Gasteiger partial charge in [-0.2, -0.15) is 4.31 Å². The summed E-state index contributed by atoms with van der Waals surface area (Å²) in [5.74, 6) is 0. The van der Waals surface area contributed by atoms with Crippen LogP contribution in [0.5, 0.6) is 0 Å². The van der Waals surface area contributed by atoms with Gasteiger partial charge in [0.2, 0.25) is 0 Å². The second-order valence-corrected chi connectivity index (χ2v) is 5.10. The topological polar surface area (TPSA) is 149 Å². The molecule has 5 N–H and O–H groups in total. The van der Waals surface area contributed by atoms with E-state index in [0.717, 1.165) is 0 Å². The van der Waals surface area contributed by atoms with Crippen LogP contribution in [0.4, 0.5) is 0 Å². The van der Waals surface area contributed by atoms with Crippen LogP contribution in [-0.2, 0) is 22.7 Å². The summed E-state index contributed by atoms with van der Waals surface area (Å²) in [6.07, 6.45) is 0. The fourth-order valence-corrected chi connectivity index (χ4v) is 2.12. The van der Waals surface area contributed by atoms with Crippen LogP contribution >= 0.6 is 15.6 Å². The predicted octanol–water partition coefficient (Wildman–Crippen LogP) is -0.812. The van der Waals surface area contributed by atoms with Crippen LogP contribution in [0.25, 0.3) is 0 Å². The van der Waals surface area contributed by atoms with E-state index in [-0.39, 0.29) is 26.4 Å². The van der Waals surface area contributed by atoms with Gasteiger partial charge in [0.15, 0.2) is 0 Å². The normalized spacial score (nSPS) is 16.3. The van der Waals surface area contributed by atoms with Crippen LogP contribution in [0.2, 0.25) is 0 Å². The van der Waals surface area contributed by atoms with Crippen LogP contribution in [0.3, 0.4) is 0 Å². The van der Waals surface area contributed by atoms with E-state index in [9.17, 15) is 9.13 Å². The van der Waals surface area contributed by atoms with Crippen molar-refractivity contribution in [2.24, 2.45) is 5.73 Å². The third-order valence-corrected chi connectivity index (χ3v) is 3.14. The second-order valence-electron chi connectivity index (χ2n) is 2.28. The van der Waals surface area contributed by atoms with E-state index in [4.69, 9.17) is 25.2 Å². The zero-order valence-electron chi connectivity index (χ0n) is 7.68. The number of rotatable bonds is 8. The van der Waals surface area contributed by atoms with Crippen molar-refractivity contribution in [3.8, 4) is 0 Å². The van der Waals surface area contributed by atoms with Gasteiger partial charge < -0.3 is 25.2 Å². The van der Waals surface area contributed by atoms with Gasteiger partial charge in [0.1, 0.15) is 0 Å².